The van der Waals surface area contributed by atoms with Crippen molar-refractivity contribution >= 4 is 22.6 Å². The molecule has 1 aromatic carbocycles. The van der Waals surface area contributed by atoms with Gasteiger partial charge in [-0.05, 0) is 61.2 Å². The monoisotopic (exact) mass is 291 g/mol. The van der Waals surface area contributed by atoms with Crippen LogP contribution < -0.4 is 5.32 Å². The highest BCUT2D eigenvalue weighted by Crippen LogP contribution is 2.29. The maximum atomic E-state index is 9.78. The van der Waals surface area contributed by atoms with Crippen LogP contribution in [0.15, 0.2) is 12.1 Å². The zero-order valence-corrected chi connectivity index (χ0v) is 10.2. The fraction of sp³-hybridized carbons (Fsp3) is 0.400. The van der Waals surface area contributed by atoms with Crippen LogP contribution in [0, 0.1) is 10.5 Å². The smallest absolute Gasteiger partial charge is 0.123 e. The van der Waals surface area contributed by atoms with Gasteiger partial charge in [0.25, 0.3) is 0 Å². The second-order valence-corrected chi connectivity index (χ2v) is 4.42. The molecule has 0 bridgehead atoms. The Morgan fingerprint density at radius 3 is 2.62 bits per heavy atom. The van der Waals surface area contributed by atoms with Crippen LogP contribution in [-0.4, -0.2) is 12.2 Å². The van der Waals surface area contributed by atoms with Gasteiger partial charge in [0.15, 0.2) is 0 Å². The van der Waals surface area contributed by atoms with E-state index in [2.05, 4.69) is 27.9 Å². The minimum atomic E-state index is 0.188. The molecular weight excluding hydrogens is 277 g/mol. The topological polar surface area (TPSA) is 32.3 Å². The van der Waals surface area contributed by atoms with Crippen molar-refractivity contribution in [1.29, 1.82) is 0 Å². The number of phenols is 1. The quantitative estimate of drug-likeness (QED) is 0.821. The van der Waals surface area contributed by atoms with Crippen molar-refractivity contribution in [2.45, 2.75) is 19.9 Å². The Bertz CT molecular complexity index is 312. The SMILES string of the molecule is CNC(C)c1cc(I)cc(C)c1O. The van der Waals surface area contributed by atoms with E-state index in [1.165, 1.54) is 0 Å². The molecule has 13 heavy (non-hydrogen) atoms. The van der Waals surface area contributed by atoms with Crippen LogP contribution in [0.5, 0.6) is 5.75 Å². The minimum Gasteiger partial charge on any atom is -0.507 e. The number of halogens is 1. The van der Waals surface area contributed by atoms with E-state index in [0.717, 1.165) is 14.7 Å². The van der Waals surface area contributed by atoms with E-state index in [4.69, 9.17) is 0 Å². The first-order valence-corrected chi connectivity index (χ1v) is 5.30. The third-order valence-corrected chi connectivity index (χ3v) is 2.82. The molecule has 2 nitrogen and oxygen atoms in total. The molecule has 1 rings (SSSR count). The van der Waals surface area contributed by atoms with Gasteiger partial charge in [-0.15, -0.1) is 0 Å². The summed E-state index contributed by atoms with van der Waals surface area (Å²) in [6.45, 7) is 3.95. The van der Waals surface area contributed by atoms with Crippen molar-refractivity contribution in [1.82, 2.24) is 5.32 Å². The lowest BCUT2D eigenvalue weighted by atomic mass is 10.0. The maximum Gasteiger partial charge on any atom is 0.123 e. The Morgan fingerprint density at radius 2 is 2.08 bits per heavy atom. The zero-order valence-electron chi connectivity index (χ0n) is 8.06. The fourth-order valence-electron chi connectivity index (χ4n) is 1.25. The molecule has 0 heterocycles. The molecule has 0 aliphatic rings. The van der Waals surface area contributed by atoms with Gasteiger partial charge in [-0.1, -0.05) is 0 Å². The second-order valence-electron chi connectivity index (χ2n) is 3.17. The lowest BCUT2D eigenvalue weighted by Crippen LogP contribution is -2.12. The first-order valence-electron chi connectivity index (χ1n) is 4.22. The van der Waals surface area contributed by atoms with Crippen LogP contribution in [0.1, 0.15) is 24.1 Å². The average molecular weight is 291 g/mol. The van der Waals surface area contributed by atoms with Gasteiger partial charge >= 0.3 is 0 Å². The van der Waals surface area contributed by atoms with E-state index < -0.39 is 0 Å². The van der Waals surface area contributed by atoms with Gasteiger partial charge in [0.1, 0.15) is 5.75 Å². The maximum absolute atomic E-state index is 9.78. The predicted octanol–water partition coefficient (Wildman–Crippen LogP) is 2.59. The largest absolute Gasteiger partial charge is 0.507 e. The average Bonchev–Trinajstić information content (AvgIpc) is 2.10. The summed E-state index contributed by atoms with van der Waals surface area (Å²) in [6.07, 6.45) is 0. The number of rotatable bonds is 2. The molecule has 1 aromatic rings. The first kappa shape index (κ1) is 10.8. The Balaban J connectivity index is 3.20. The van der Waals surface area contributed by atoms with Crippen molar-refractivity contribution < 1.29 is 5.11 Å². The normalized spacial score (nSPS) is 12.9. The molecule has 0 spiro atoms. The van der Waals surface area contributed by atoms with Gasteiger partial charge in [0.05, 0.1) is 0 Å². The van der Waals surface area contributed by atoms with Crippen molar-refractivity contribution in [3.05, 3.63) is 26.8 Å². The van der Waals surface area contributed by atoms with Crippen LogP contribution in [-0.2, 0) is 0 Å². The van der Waals surface area contributed by atoms with Crippen LogP contribution in [0.25, 0.3) is 0 Å². The first-order chi connectivity index (χ1) is 6.06. The number of nitrogens with one attached hydrogen (secondary N) is 1. The van der Waals surface area contributed by atoms with Crippen LogP contribution in [0.3, 0.4) is 0 Å². The van der Waals surface area contributed by atoms with Gasteiger partial charge in [0.2, 0.25) is 0 Å². The van der Waals surface area contributed by atoms with Crippen LogP contribution in [0.4, 0.5) is 0 Å². The highest BCUT2D eigenvalue weighted by atomic mass is 127. The third-order valence-electron chi connectivity index (χ3n) is 2.19. The molecule has 2 N–H and O–H groups in total. The molecule has 0 radical (unpaired) electrons. The zero-order chi connectivity index (χ0) is 10.0. The lowest BCUT2D eigenvalue weighted by molar-refractivity contribution is 0.453. The molecule has 0 aliphatic carbocycles. The van der Waals surface area contributed by atoms with E-state index in [1.54, 1.807) is 0 Å². The minimum absolute atomic E-state index is 0.188. The molecule has 0 saturated heterocycles. The molecule has 0 amide bonds. The summed E-state index contributed by atoms with van der Waals surface area (Å²) in [7, 11) is 1.89. The lowest BCUT2D eigenvalue weighted by Gasteiger charge is -2.14. The van der Waals surface area contributed by atoms with E-state index >= 15 is 0 Å². The highest BCUT2D eigenvalue weighted by molar-refractivity contribution is 14.1. The molecule has 0 aliphatic heterocycles. The summed E-state index contributed by atoms with van der Waals surface area (Å²) < 4.78 is 1.16. The van der Waals surface area contributed by atoms with E-state index in [9.17, 15) is 5.11 Å². The molecule has 0 fully saturated rings. The summed E-state index contributed by atoms with van der Waals surface area (Å²) >= 11 is 2.26. The summed E-state index contributed by atoms with van der Waals surface area (Å²) in [5.41, 5.74) is 1.90. The summed E-state index contributed by atoms with van der Waals surface area (Å²) in [5, 5.41) is 12.9. The van der Waals surface area contributed by atoms with E-state index in [0.29, 0.717) is 5.75 Å². The predicted molar refractivity (Wildman–Crippen MR) is 63.0 cm³/mol. The van der Waals surface area contributed by atoms with Gasteiger partial charge in [-0.3, -0.25) is 0 Å². The Hall–Kier alpha value is -0.290. The van der Waals surface area contributed by atoms with Crippen LogP contribution in [0.2, 0.25) is 0 Å². The summed E-state index contributed by atoms with van der Waals surface area (Å²) in [6, 6.07) is 4.17. The molecule has 0 saturated carbocycles. The van der Waals surface area contributed by atoms with Crippen molar-refractivity contribution in [2.75, 3.05) is 7.05 Å². The molecular formula is C10H14INO. The van der Waals surface area contributed by atoms with Gasteiger partial charge in [0, 0.05) is 15.2 Å². The number of aromatic hydroxyl groups is 1. The van der Waals surface area contributed by atoms with E-state index in [1.807, 2.05) is 33.0 Å². The number of hydrogen-bond donors (Lipinski definition) is 2. The van der Waals surface area contributed by atoms with Gasteiger partial charge < -0.3 is 10.4 Å². The van der Waals surface area contributed by atoms with Crippen molar-refractivity contribution in [3.63, 3.8) is 0 Å². The number of aryl methyl sites for hydroxylation is 1. The van der Waals surface area contributed by atoms with Gasteiger partial charge in [-0.2, -0.15) is 0 Å². The Labute approximate surface area is 92.5 Å². The summed E-state index contributed by atoms with van der Waals surface area (Å²) in [5.74, 6) is 0.405. The number of hydrogen-bond acceptors (Lipinski definition) is 2. The number of phenolic OH excluding ortho intramolecular Hbond substituents is 1. The molecule has 3 heteroatoms. The number of benzene rings is 1. The van der Waals surface area contributed by atoms with Crippen LogP contribution >= 0.6 is 22.6 Å². The highest BCUT2D eigenvalue weighted by Gasteiger charge is 2.10. The molecule has 1 unspecified atom stereocenters. The van der Waals surface area contributed by atoms with Crippen molar-refractivity contribution in [2.24, 2.45) is 0 Å². The fourth-order valence-corrected chi connectivity index (χ4v) is 2.05. The Kier molecular flexibility index (Phi) is 3.55. The Morgan fingerprint density at radius 1 is 1.46 bits per heavy atom. The third kappa shape index (κ3) is 2.34. The molecule has 0 aromatic heterocycles. The molecule has 1 atom stereocenters. The van der Waals surface area contributed by atoms with Gasteiger partial charge in [-0.25, -0.2) is 0 Å². The molecule has 72 valence electrons. The van der Waals surface area contributed by atoms with E-state index in [-0.39, 0.29) is 6.04 Å². The van der Waals surface area contributed by atoms with Crippen molar-refractivity contribution in [3.8, 4) is 5.75 Å². The summed E-state index contributed by atoms with van der Waals surface area (Å²) in [4.78, 5) is 0. The second kappa shape index (κ2) is 4.28. The standard InChI is InChI=1S/C10H14INO/c1-6-4-8(11)5-9(10(6)13)7(2)12-3/h4-5,7,12-13H,1-3H3.